The molecule has 0 aromatic carbocycles. The van der Waals surface area contributed by atoms with Gasteiger partial charge in [-0.1, -0.05) is 13.8 Å². The normalized spacial score (nSPS) is 7.80. The maximum Gasteiger partial charge on any atom is 0.378 e. The second-order valence-corrected chi connectivity index (χ2v) is 1.29. The highest BCUT2D eigenvalue weighted by atomic mass is 16.4. The highest BCUT2D eigenvalue weighted by molar-refractivity contribution is 5.10. The van der Waals surface area contributed by atoms with Crippen LogP contribution in [-0.4, -0.2) is 5.11 Å². The van der Waals surface area contributed by atoms with Crippen molar-refractivity contribution < 1.29 is 9.52 Å². The van der Waals surface area contributed by atoms with E-state index < -0.39 is 5.63 Å². The lowest BCUT2D eigenvalue weighted by molar-refractivity contribution is 0.412. The molecule has 0 aliphatic heterocycles. The van der Waals surface area contributed by atoms with E-state index in [4.69, 9.17) is 5.11 Å². The van der Waals surface area contributed by atoms with E-state index >= 15 is 0 Å². The van der Waals surface area contributed by atoms with Gasteiger partial charge >= 0.3 is 5.63 Å². The summed E-state index contributed by atoms with van der Waals surface area (Å²) < 4.78 is 4.25. The summed E-state index contributed by atoms with van der Waals surface area (Å²) in [5.41, 5.74) is -0.701. The number of hydrogen-bond acceptors (Lipinski definition) is 3. The van der Waals surface area contributed by atoms with Crippen molar-refractivity contribution in [2.45, 2.75) is 13.8 Å². The zero-order valence-corrected chi connectivity index (χ0v) is 6.00. The van der Waals surface area contributed by atoms with Crippen LogP contribution in [0.15, 0.2) is 27.6 Å². The van der Waals surface area contributed by atoms with Gasteiger partial charge < -0.3 is 9.52 Å². The van der Waals surface area contributed by atoms with Crippen molar-refractivity contribution >= 4 is 0 Å². The fraction of sp³-hybridized carbons (Fsp3) is 0.286. The summed E-state index contributed by atoms with van der Waals surface area (Å²) >= 11 is 0. The molecule has 0 spiro atoms. The van der Waals surface area contributed by atoms with Gasteiger partial charge in [-0.15, -0.1) is 0 Å². The highest BCUT2D eigenvalue weighted by Gasteiger charge is 1.90. The van der Waals surface area contributed by atoms with Crippen molar-refractivity contribution in [3.63, 3.8) is 0 Å². The molecule has 3 heteroatoms. The molecule has 0 radical (unpaired) electrons. The first kappa shape index (κ1) is 8.75. The van der Waals surface area contributed by atoms with Crippen LogP contribution in [0.4, 0.5) is 0 Å². The van der Waals surface area contributed by atoms with Crippen LogP contribution in [0.1, 0.15) is 13.8 Å². The van der Waals surface area contributed by atoms with Crippen LogP contribution in [-0.2, 0) is 0 Å². The average Bonchev–Trinajstić information content (AvgIpc) is 2.00. The highest BCUT2D eigenvalue weighted by Crippen LogP contribution is 1.94. The van der Waals surface area contributed by atoms with Gasteiger partial charge in [-0.3, -0.25) is 0 Å². The standard InChI is InChI=1S/C5H4O3.C2H6/c6-4-2-1-3-8-5(4)7;1-2/h1-3,6H;1-2H3. The van der Waals surface area contributed by atoms with Crippen molar-refractivity contribution in [3.8, 4) is 5.75 Å². The maximum absolute atomic E-state index is 10.2. The molecule has 0 unspecified atom stereocenters. The molecule has 1 aromatic rings. The van der Waals surface area contributed by atoms with E-state index in [1.807, 2.05) is 13.8 Å². The average molecular weight is 142 g/mol. The maximum atomic E-state index is 10.2. The Bertz CT molecular complexity index is 226. The Balaban J connectivity index is 0.000000371. The van der Waals surface area contributed by atoms with Crippen LogP contribution in [0.25, 0.3) is 0 Å². The van der Waals surface area contributed by atoms with E-state index in [1.54, 1.807) is 0 Å². The molecule has 1 aromatic heterocycles. The fourth-order valence-corrected chi connectivity index (χ4v) is 0.360. The largest absolute Gasteiger partial charge is 0.502 e. The van der Waals surface area contributed by atoms with Crippen molar-refractivity contribution in [1.29, 1.82) is 0 Å². The SMILES string of the molecule is CC.O=c1occcc1O. The topological polar surface area (TPSA) is 50.4 Å². The lowest BCUT2D eigenvalue weighted by Crippen LogP contribution is -1.93. The smallest absolute Gasteiger partial charge is 0.378 e. The number of hydrogen-bond donors (Lipinski definition) is 1. The van der Waals surface area contributed by atoms with Gasteiger partial charge in [0.1, 0.15) is 0 Å². The molecule has 0 amide bonds. The van der Waals surface area contributed by atoms with Crippen LogP contribution < -0.4 is 5.63 Å². The second-order valence-electron chi connectivity index (χ2n) is 1.29. The third-order valence-corrected chi connectivity index (χ3v) is 0.717. The first-order valence-corrected chi connectivity index (χ1v) is 3.07. The first-order chi connectivity index (χ1) is 4.80. The minimum atomic E-state index is -0.701. The second kappa shape index (κ2) is 4.61. The minimum absolute atomic E-state index is 0.354. The Morgan fingerprint density at radius 1 is 1.50 bits per heavy atom. The molecule has 0 saturated heterocycles. The number of rotatable bonds is 0. The zero-order chi connectivity index (χ0) is 7.98. The van der Waals surface area contributed by atoms with E-state index in [1.165, 1.54) is 18.4 Å². The third-order valence-electron chi connectivity index (χ3n) is 0.717. The van der Waals surface area contributed by atoms with E-state index in [-0.39, 0.29) is 5.75 Å². The van der Waals surface area contributed by atoms with Crippen LogP contribution in [0.3, 0.4) is 0 Å². The molecule has 0 aliphatic rings. The van der Waals surface area contributed by atoms with E-state index in [0.29, 0.717) is 0 Å². The number of aromatic hydroxyl groups is 1. The Morgan fingerprint density at radius 3 is 2.40 bits per heavy atom. The molecule has 3 nitrogen and oxygen atoms in total. The van der Waals surface area contributed by atoms with Gasteiger partial charge in [-0.2, -0.15) is 0 Å². The molecule has 56 valence electrons. The minimum Gasteiger partial charge on any atom is -0.502 e. The Kier molecular flexibility index (Phi) is 4.04. The lowest BCUT2D eigenvalue weighted by Gasteiger charge is -1.81. The summed E-state index contributed by atoms with van der Waals surface area (Å²) in [6.07, 6.45) is 1.21. The van der Waals surface area contributed by atoms with Crippen LogP contribution in [0.2, 0.25) is 0 Å². The molecular formula is C7H10O3. The molecule has 0 saturated carbocycles. The summed E-state index contributed by atoms with van der Waals surface area (Å²) in [6, 6.07) is 2.71. The Labute approximate surface area is 58.9 Å². The fourth-order valence-electron chi connectivity index (χ4n) is 0.360. The van der Waals surface area contributed by atoms with Crippen molar-refractivity contribution in [3.05, 3.63) is 28.8 Å². The summed E-state index contributed by atoms with van der Waals surface area (Å²) in [6.45, 7) is 4.00. The van der Waals surface area contributed by atoms with Gasteiger partial charge in [0.15, 0.2) is 0 Å². The third kappa shape index (κ3) is 2.35. The van der Waals surface area contributed by atoms with Gasteiger partial charge in [0.2, 0.25) is 5.75 Å². The molecular weight excluding hydrogens is 132 g/mol. The summed E-state index contributed by atoms with van der Waals surface area (Å²) in [4.78, 5) is 10.2. The molecule has 1 rings (SSSR count). The molecule has 0 bridgehead atoms. The van der Waals surface area contributed by atoms with Gasteiger partial charge in [0.25, 0.3) is 0 Å². The molecule has 0 aliphatic carbocycles. The van der Waals surface area contributed by atoms with Gasteiger partial charge in [0, 0.05) is 0 Å². The first-order valence-electron chi connectivity index (χ1n) is 3.07. The van der Waals surface area contributed by atoms with Crippen molar-refractivity contribution in [2.75, 3.05) is 0 Å². The Morgan fingerprint density at radius 2 is 2.10 bits per heavy atom. The van der Waals surface area contributed by atoms with Crippen molar-refractivity contribution in [1.82, 2.24) is 0 Å². The molecule has 0 atom stereocenters. The summed E-state index contributed by atoms with van der Waals surface area (Å²) in [5.74, 6) is -0.354. The summed E-state index contributed by atoms with van der Waals surface area (Å²) in [7, 11) is 0. The van der Waals surface area contributed by atoms with Gasteiger partial charge in [0.05, 0.1) is 6.26 Å². The lowest BCUT2D eigenvalue weighted by atomic mass is 10.5. The van der Waals surface area contributed by atoms with E-state index in [2.05, 4.69) is 4.42 Å². The van der Waals surface area contributed by atoms with Crippen LogP contribution in [0, 0.1) is 0 Å². The van der Waals surface area contributed by atoms with Crippen LogP contribution >= 0.6 is 0 Å². The van der Waals surface area contributed by atoms with Gasteiger partial charge in [-0.05, 0) is 12.1 Å². The zero-order valence-electron chi connectivity index (χ0n) is 6.00. The predicted molar refractivity (Wildman–Crippen MR) is 38.0 cm³/mol. The Hall–Kier alpha value is -1.25. The summed E-state index contributed by atoms with van der Waals surface area (Å²) in [5, 5.41) is 8.51. The van der Waals surface area contributed by atoms with E-state index in [0.717, 1.165) is 0 Å². The molecule has 1 heterocycles. The van der Waals surface area contributed by atoms with Gasteiger partial charge in [-0.25, -0.2) is 4.79 Å². The van der Waals surface area contributed by atoms with Crippen molar-refractivity contribution in [2.24, 2.45) is 0 Å². The monoisotopic (exact) mass is 142 g/mol. The molecule has 10 heavy (non-hydrogen) atoms. The van der Waals surface area contributed by atoms with E-state index in [9.17, 15) is 4.79 Å². The quantitative estimate of drug-likeness (QED) is 0.595. The van der Waals surface area contributed by atoms with Crippen LogP contribution in [0.5, 0.6) is 5.75 Å². The predicted octanol–water partition coefficient (Wildman–Crippen LogP) is 1.37. The molecule has 0 fully saturated rings. The molecule has 1 N–H and O–H groups in total.